The van der Waals surface area contributed by atoms with Gasteiger partial charge in [0.05, 0.1) is 12.1 Å². The van der Waals surface area contributed by atoms with Crippen molar-refractivity contribution < 1.29 is 9.59 Å². The lowest BCUT2D eigenvalue weighted by molar-refractivity contribution is -0.139. The minimum atomic E-state index is -0.450. The van der Waals surface area contributed by atoms with Crippen molar-refractivity contribution in [2.45, 2.75) is 70.0 Å². The van der Waals surface area contributed by atoms with E-state index in [0.29, 0.717) is 0 Å². The van der Waals surface area contributed by atoms with E-state index in [1.54, 1.807) is 7.05 Å². The second-order valence-electron chi connectivity index (χ2n) is 10.1. The number of nitrogens with one attached hydrogen (secondary N) is 2. The van der Waals surface area contributed by atoms with Crippen molar-refractivity contribution in [2.24, 2.45) is 5.92 Å². The normalized spacial score (nSPS) is 20.3. The highest BCUT2D eigenvalue weighted by atomic mass is 16.2. The lowest BCUT2D eigenvalue weighted by Gasteiger charge is -2.35. The molecule has 188 valence electrons. The first-order valence-electron chi connectivity index (χ1n) is 13.2. The smallest absolute Gasteiger partial charge is 0.245 e. The number of amides is 2. The Morgan fingerprint density at radius 3 is 2.37 bits per heavy atom. The highest BCUT2D eigenvalue weighted by Crippen LogP contribution is 2.37. The molecule has 6 heteroatoms. The SMILES string of the molecule is CN[C@@H](C)C(=O)N[C@H](C(=O)N1CCCC1c1cccc(N(C)c2ccccc2)c1)C1CCCCC1. The molecule has 2 N–H and O–H groups in total. The van der Waals surface area contributed by atoms with Crippen molar-refractivity contribution in [1.29, 1.82) is 0 Å². The molecule has 0 radical (unpaired) electrons. The number of nitrogens with zero attached hydrogens (tertiary/aromatic N) is 2. The summed E-state index contributed by atoms with van der Waals surface area (Å²) in [6.45, 7) is 2.58. The van der Waals surface area contributed by atoms with Gasteiger partial charge >= 0.3 is 0 Å². The van der Waals surface area contributed by atoms with Crippen LogP contribution in [0.3, 0.4) is 0 Å². The fourth-order valence-electron chi connectivity index (χ4n) is 5.56. The Balaban J connectivity index is 1.56. The zero-order valence-corrected chi connectivity index (χ0v) is 21.4. The number of rotatable bonds is 8. The molecule has 1 saturated carbocycles. The molecule has 3 atom stereocenters. The maximum absolute atomic E-state index is 14.0. The van der Waals surface area contributed by atoms with Crippen LogP contribution in [0.2, 0.25) is 0 Å². The summed E-state index contributed by atoms with van der Waals surface area (Å²) >= 11 is 0. The van der Waals surface area contributed by atoms with Crippen molar-refractivity contribution in [3.05, 3.63) is 60.2 Å². The Hall–Kier alpha value is -2.86. The van der Waals surface area contributed by atoms with E-state index in [4.69, 9.17) is 0 Å². The summed E-state index contributed by atoms with van der Waals surface area (Å²) < 4.78 is 0. The monoisotopic (exact) mass is 476 g/mol. The number of benzene rings is 2. The molecule has 4 rings (SSSR count). The number of carbonyl (C=O) groups excluding carboxylic acids is 2. The number of carbonyl (C=O) groups is 2. The van der Waals surface area contributed by atoms with Gasteiger partial charge in [0.25, 0.3) is 0 Å². The van der Waals surface area contributed by atoms with E-state index >= 15 is 0 Å². The first kappa shape index (κ1) is 25.2. The first-order valence-corrected chi connectivity index (χ1v) is 13.2. The lowest BCUT2D eigenvalue weighted by Crippen LogP contribution is -2.55. The Labute approximate surface area is 210 Å². The fourth-order valence-corrected chi connectivity index (χ4v) is 5.56. The lowest BCUT2D eigenvalue weighted by atomic mass is 9.83. The van der Waals surface area contributed by atoms with Crippen molar-refractivity contribution >= 4 is 23.2 Å². The molecule has 1 aliphatic heterocycles. The van der Waals surface area contributed by atoms with E-state index in [-0.39, 0.29) is 29.8 Å². The van der Waals surface area contributed by atoms with Gasteiger partial charge in [0, 0.05) is 25.0 Å². The Bertz CT molecular complexity index is 989. The van der Waals surface area contributed by atoms with Gasteiger partial charge in [-0.15, -0.1) is 0 Å². The molecule has 1 heterocycles. The quantitative estimate of drug-likeness (QED) is 0.575. The largest absolute Gasteiger partial charge is 0.345 e. The molecule has 2 amide bonds. The summed E-state index contributed by atoms with van der Waals surface area (Å²) in [5, 5.41) is 6.14. The van der Waals surface area contributed by atoms with Gasteiger partial charge in [0.15, 0.2) is 0 Å². The van der Waals surface area contributed by atoms with E-state index in [0.717, 1.165) is 62.0 Å². The Morgan fingerprint density at radius 1 is 0.943 bits per heavy atom. The summed E-state index contributed by atoms with van der Waals surface area (Å²) in [5.41, 5.74) is 3.39. The standard InChI is InChI=1S/C29H40N4O2/c1-21(30-2)28(34)31-27(22-12-6-4-7-13-22)29(35)33-19-11-18-26(33)23-14-10-17-25(20-23)32(3)24-15-8-5-9-16-24/h5,8-10,14-17,20-22,26-27,30H,4,6-7,11-13,18-19H2,1-3H3,(H,31,34)/t21-,26?,27-/m0/s1. The van der Waals surface area contributed by atoms with Gasteiger partial charge in [-0.2, -0.15) is 0 Å². The predicted molar refractivity (Wildman–Crippen MR) is 142 cm³/mol. The van der Waals surface area contributed by atoms with Crippen LogP contribution in [0, 0.1) is 5.92 Å². The maximum atomic E-state index is 14.0. The highest BCUT2D eigenvalue weighted by Gasteiger charge is 2.39. The van der Waals surface area contributed by atoms with Crippen molar-refractivity contribution in [3.63, 3.8) is 0 Å². The molecule has 1 unspecified atom stereocenters. The fraction of sp³-hybridized carbons (Fsp3) is 0.517. The topological polar surface area (TPSA) is 64.7 Å². The van der Waals surface area contributed by atoms with E-state index in [1.807, 2.05) is 30.0 Å². The van der Waals surface area contributed by atoms with Crippen LogP contribution in [0.5, 0.6) is 0 Å². The van der Waals surface area contributed by atoms with Crippen LogP contribution in [-0.4, -0.2) is 49.4 Å². The first-order chi connectivity index (χ1) is 17.0. The average molecular weight is 477 g/mol. The number of likely N-dealkylation sites (N-methyl/N-ethyl adjacent to an activating group) is 1. The summed E-state index contributed by atoms with van der Waals surface area (Å²) in [7, 11) is 3.85. The zero-order valence-electron chi connectivity index (χ0n) is 21.4. The van der Waals surface area contributed by atoms with E-state index < -0.39 is 6.04 Å². The molecule has 2 aliphatic rings. The van der Waals surface area contributed by atoms with Crippen LogP contribution < -0.4 is 15.5 Å². The molecular weight excluding hydrogens is 436 g/mol. The highest BCUT2D eigenvalue weighted by molar-refractivity contribution is 5.90. The third-order valence-electron chi connectivity index (χ3n) is 7.83. The van der Waals surface area contributed by atoms with Crippen LogP contribution >= 0.6 is 0 Å². The Morgan fingerprint density at radius 2 is 1.66 bits per heavy atom. The van der Waals surface area contributed by atoms with Crippen LogP contribution in [0.15, 0.2) is 54.6 Å². The van der Waals surface area contributed by atoms with Crippen molar-refractivity contribution in [2.75, 3.05) is 25.5 Å². The van der Waals surface area contributed by atoms with Gasteiger partial charge in [-0.1, -0.05) is 49.6 Å². The molecular formula is C29H40N4O2. The third-order valence-corrected chi connectivity index (χ3v) is 7.83. The number of para-hydroxylation sites is 1. The van der Waals surface area contributed by atoms with Crippen LogP contribution in [-0.2, 0) is 9.59 Å². The van der Waals surface area contributed by atoms with Crippen LogP contribution in [0.1, 0.15) is 63.5 Å². The van der Waals surface area contributed by atoms with E-state index in [2.05, 4.69) is 59.0 Å². The van der Waals surface area contributed by atoms with Gasteiger partial charge in [-0.25, -0.2) is 0 Å². The average Bonchev–Trinajstić information content (AvgIpc) is 3.41. The van der Waals surface area contributed by atoms with Crippen molar-refractivity contribution in [3.8, 4) is 0 Å². The predicted octanol–water partition coefficient (Wildman–Crippen LogP) is 4.79. The van der Waals surface area contributed by atoms with Crippen LogP contribution in [0.4, 0.5) is 11.4 Å². The zero-order chi connectivity index (χ0) is 24.8. The second-order valence-corrected chi connectivity index (χ2v) is 10.1. The van der Waals surface area contributed by atoms with E-state index in [1.165, 1.54) is 6.42 Å². The molecule has 0 bridgehead atoms. The summed E-state index contributed by atoms with van der Waals surface area (Å²) in [6.07, 6.45) is 7.40. The second kappa shape index (κ2) is 11.7. The minimum absolute atomic E-state index is 0.0383. The molecule has 2 aromatic rings. The molecule has 2 fully saturated rings. The summed E-state index contributed by atoms with van der Waals surface area (Å²) in [5.74, 6) is 0.192. The van der Waals surface area contributed by atoms with Gasteiger partial charge in [-0.3, -0.25) is 9.59 Å². The van der Waals surface area contributed by atoms with Gasteiger partial charge in [0.1, 0.15) is 6.04 Å². The summed E-state index contributed by atoms with van der Waals surface area (Å²) in [6, 6.07) is 18.1. The molecule has 0 aromatic heterocycles. The number of hydrogen-bond acceptors (Lipinski definition) is 4. The van der Waals surface area contributed by atoms with Gasteiger partial charge < -0.3 is 20.4 Å². The minimum Gasteiger partial charge on any atom is -0.345 e. The number of likely N-dealkylation sites (tertiary alicyclic amines) is 1. The summed E-state index contributed by atoms with van der Waals surface area (Å²) in [4.78, 5) is 31.0. The molecule has 1 aliphatic carbocycles. The van der Waals surface area contributed by atoms with Gasteiger partial charge in [-0.05, 0) is 75.4 Å². The third kappa shape index (κ3) is 5.87. The molecule has 0 spiro atoms. The van der Waals surface area contributed by atoms with Gasteiger partial charge in [0.2, 0.25) is 11.8 Å². The number of hydrogen-bond donors (Lipinski definition) is 2. The Kier molecular flexibility index (Phi) is 8.45. The maximum Gasteiger partial charge on any atom is 0.245 e. The molecule has 2 aromatic carbocycles. The molecule has 1 saturated heterocycles. The van der Waals surface area contributed by atoms with E-state index in [9.17, 15) is 9.59 Å². The number of anilines is 2. The van der Waals surface area contributed by atoms with Crippen molar-refractivity contribution in [1.82, 2.24) is 15.5 Å². The molecule has 35 heavy (non-hydrogen) atoms. The molecule has 6 nitrogen and oxygen atoms in total. The van der Waals surface area contributed by atoms with Crippen LogP contribution in [0.25, 0.3) is 0 Å².